The van der Waals surface area contributed by atoms with Crippen molar-refractivity contribution < 1.29 is 9.26 Å². The lowest BCUT2D eigenvalue weighted by Crippen LogP contribution is -2.53. The molecule has 0 aliphatic carbocycles. The van der Waals surface area contributed by atoms with E-state index in [-0.39, 0.29) is 0 Å². The van der Waals surface area contributed by atoms with Crippen LogP contribution in [0.25, 0.3) is 0 Å². The SMILES string of the molecule is CCNC(=NCc1noc(C)n1)N1CCN(CCOc2ccccc2)CC1. The Labute approximate surface area is 160 Å². The van der Waals surface area contributed by atoms with Crippen LogP contribution in [0.5, 0.6) is 5.75 Å². The van der Waals surface area contributed by atoms with Crippen molar-refractivity contribution in [1.29, 1.82) is 0 Å². The van der Waals surface area contributed by atoms with Crippen molar-refractivity contribution in [2.75, 3.05) is 45.9 Å². The van der Waals surface area contributed by atoms with Crippen LogP contribution < -0.4 is 10.1 Å². The second-order valence-electron chi connectivity index (χ2n) is 6.39. The van der Waals surface area contributed by atoms with Gasteiger partial charge in [0, 0.05) is 46.2 Å². The molecular weight excluding hydrogens is 344 g/mol. The summed E-state index contributed by atoms with van der Waals surface area (Å²) in [6, 6.07) is 9.96. The van der Waals surface area contributed by atoms with E-state index in [9.17, 15) is 0 Å². The lowest BCUT2D eigenvalue weighted by atomic mass is 10.3. The molecule has 1 aliphatic rings. The van der Waals surface area contributed by atoms with Gasteiger partial charge in [-0.3, -0.25) is 4.90 Å². The third-order valence-corrected chi connectivity index (χ3v) is 4.37. The molecule has 1 N–H and O–H groups in total. The normalized spacial score (nSPS) is 15.8. The molecule has 2 aromatic rings. The van der Waals surface area contributed by atoms with E-state index in [0.29, 0.717) is 24.9 Å². The average Bonchev–Trinajstić information content (AvgIpc) is 3.12. The number of ether oxygens (including phenoxy) is 1. The average molecular weight is 372 g/mol. The summed E-state index contributed by atoms with van der Waals surface area (Å²) in [6.45, 7) is 10.6. The fourth-order valence-corrected chi connectivity index (χ4v) is 2.97. The molecule has 0 amide bonds. The zero-order valence-corrected chi connectivity index (χ0v) is 16.1. The molecule has 1 aliphatic heterocycles. The van der Waals surface area contributed by atoms with Gasteiger partial charge in [-0.2, -0.15) is 4.98 Å². The van der Waals surface area contributed by atoms with Gasteiger partial charge in [-0.25, -0.2) is 4.99 Å². The van der Waals surface area contributed by atoms with Crippen LogP contribution in [-0.4, -0.2) is 71.8 Å². The van der Waals surface area contributed by atoms with Crippen LogP contribution in [0.15, 0.2) is 39.8 Å². The predicted octanol–water partition coefficient (Wildman–Crippen LogP) is 1.54. The number of piperazine rings is 1. The number of aryl methyl sites for hydroxylation is 1. The Morgan fingerprint density at radius 1 is 1.22 bits per heavy atom. The second-order valence-corrected chi connectivity index (χ2v) is 6.39. The first kappa shape index (κ1) is 19.2. The van der Waals surface area contributed by atoms with Gasteiger partial charge in [0.25, 0.3) is 0 Å². The molecule has 1 aromatic carbocycles. The molecule has 1 saturated heterocycles. The van der Waals surface area contributed by atoms with Gasteiger partial charge < -0.3 is 19.5 Å². The highest BCUT2D eigenvalue weighted by molar-refractivity contribution is 5.80. The van der Waals surface area contributed by atoms with Crippen LogP contribution in [0.2, 0.25) is 0 Å². The van der Waals surface area contributed by atoms with Crippen LogP contribution in [0.3, 0.4) is 0 Å². The van der Waals surface area contributed by atoms with Crippen LogP contribution in [0.4, 0.5) is 0 Å². The number of hydrogen-bond acceptors (Lipinski definition) is 6. The van der Waals surface area contributed by atoms with E-state index in [1.54, 1.807) is 6.92 Å². The number of benzene rings is 1. The molecule has 0 bridgehead atoms. The van der Waals surface area contributed by atoms with Gasteiger partial charge in [0.15, 0.2) is 11.8 Å². The zero-order valence-electron chi connectivity index (χ0n) is 16.1. The summed E-state index contributed by atoms with van der Waals surface area (Å²) in [5, 5.41) is 7.26. The summed E-state index contributed by atoms with van der Waals surface area (Å²) in [5.74, 6) is 3.01. The maximum Gasteiger partial charge on any atom is 0.223 e. The van der Waals surface area contributed by atoms with Gasteiger partial charge in [-0.05, 0) is 19.1 Å². The quantitative estimate of drug-likeness (QED) is 0.583. The third-order valence-electron chi connectivity index (χ3n) is 4.37. The van der Waals surface area contributed by atoms with E-state index in [1.165, 1.54) is 0 Å². The highest BCUT2D eigenvalue weighted by Gasteiger charge is 2.19. The summed E-state index contributed by atoms with van der Waals surface area (Å²) in [4.78, 5) is 13.6. The smallest absolute Gasteiger partial charge is 0.223 e. The molecule has 27 heavy (non-hydrogen) atoms. The molecule has 146 valence electrons. The van der Waals surface area contributed by atoms with Crippen molar-refractivity contribution in [3.05, 3.63) is 42.0 Å². The molecule has 0 unspecified atom stereocenters. The Bertz CT molecular complexity index is 710. The van der Waals surface area contributed by atoms with E-state index in [2.05, 4.69) is 37.2 Å². The summed E-state index contributed by atoms with van der Waals surface area (Å²) in [5.41, 5.74) is 0. The second kappa shape index (κ2) is 9.91. The van der Waals surface area contributed by atoms with E-state index in [1.807, 2.05) is 30.3 Å². The predicted molar refractivity (Wildman–Crippen MR) is 104 cm³/mol. The number of hydrogen-bond donors (Lipinski definition) is 1. The molecule has 8 heteroatoms. The van der Waals surface area contributed by atoms with Crippen molar-refractivity contribution in [2.24, 2.45) is 4.99 Å². The first-order valence-corrected chi connectivity index (χ1v) is 9.47. The lowest BCUT2D eigenvalue weighted by molar-refractivity contribution is 0.152. The highest BCUT2D eigenvalue weighted by Crippen LogP contribution is 2.09. The Hall–Kier alpha value is -2.61. The number of nitrogens with zero attached hydrogens (tertiary/aromatic N) is 5. The Balaban J connectivity index is 1.44. The zero-order chi connectivity index (χ0) is 18.9. The summed E-state index contributed by atoms with van der Waals surface area (Å²) >= 11 is 0. The van der Waals surface area contributed by atoms with Gasteiger partial charge in [-0.15, -0.1) is 0 Å². The Morgan fingerprint density at radius 3 is 2.67 bits per heavy atom. The standard InChI is InChI=1S/C19H28N6O2/c1-3-20-19(21-15-18-22-16(2)27-23-18)25-11-9-24(10-12-25)13-14-26-17-7-5-4-6-8-17/h4-8H,3,9-15H2,1-2H3,(H,20,21). The van der Waals surface area contributed by atoms with Crippen molar-refractivity contribution in [1.82, 2.24) is 25.3 Å². The van der Waals surface area contributed by atoms with Crippen molar-refractivity contribution in [3.8, 4) is 5.75 Å². The molecule has 0 spiro atoms. The summed E-state index contributed by atoms with van der Waals surface area (Å²) in [6.07, 6.45) is 0. The minimum atomic E-state index is 0.421. The monoisotopic (exact) mass is 372 g/mol. The summed E-state index contributed by atoms with van der Waals surface area (Å²) in [7, 11) is 0. The van der Waals surface area contributed by atoms with Crippen molar-refractivity contribution in [2.45, 2.75) is 20.4 Å². The topological polar surface area (TPSA) is 79.0 Å². The number of aromatic nitrogens is 2. The fourth-order valence-electron chi connectivity index (χ4n) is 2.97. The lowest BCUT2D eigenvalue weighted by Gasteiger charge is -2.36. The maximum absolute atomic E-state index is 5.80. The Morgan fingerprint density at radius 2 is 2.00 bits per heavy atom. The number of nitrogens with one attached hydrogen (secondary N) is 1. The highest BCUT2D eigenvalue weighted by atomic mass is 16.5. The number of aliphatic imine (C=N–C) groups is 1. The first-order valence-electron chi connectivity index (χ1n) is 9.47. The van der Waals surface area contributed by atoms with E-state index in [0.717, 1.165) is 51.0 Å². The van der Waals surface area contributed by atoms with Gasteiger partial charge in [0.1, 0.15) is 18.9 Å². The largest absolute Gasteiger partial charge is 0.492 e. The van der Waals surface area contributed by atoms with Gasteiger partial charge in [0.2, 0.25) is 5.89 Å². The van der Waals surface area contributed by atoms with Crippen LogP contribution >= 0.6 is 0 Å². The van der Waals surface area contributed by atoms with Crippen LogP contribution in [0, 0.1) is 6.92 Å². The molecule has 8 nitrogen and oxygen atoms in total. The number of para-hydroxylation sites is 1. The Kier molecular flexibility index (Phi) is 7.04. The van der Waals surface area contributed by atoms with E-state index >= 15 is 0 Å². The van der Waals surface area contributed by atoms with E-state index < -0.39 is 0 Å². The molecule has 0 atom stereocenters. The van der Waals surface area contributed by atoms with Crippen molar-refractivity contribution >= 4 is 5.96 Å². The third kappa shape index (κ3) is 5.96. The van der Waals surface area contributed by atoms with Gasteiger partial charge in [-0.1, -0.05) is 23.4 Å². The number of guanidine groups is 1. The minimum absolute atomic E-state index is 0.421. The molecule has 0 radical (unpaired) electrons. The summed E-state index contributed by atoms with van der Waals surface area (Å²) < 4.78 is 10.8. The fraction of sp³-hybridized carbons (Fsp3) is 0.526. The molecule has 1 fully saturated rings. The van der Waals surface area contributed by atoms with Gasteiger partial charge >= 0.3 is 0 Å². The maximum atomic E-state index is 5.80. The number of rotatable bonds is 7. The molecule has 2 heterocycles. The first-order chi connectivity index (χ1) is 13.2. The molecular formula is C19H28N6O2. The van der Waals surface area contributed by atoms with Crippen molar-refractivity contribution in [3.63, 3.8) is 0 Å². The minimum Gasteiger partial charge on any atom is -0.492 e. The molecule has 0 saturated carbocycles. The van der Waals surface area contributed by atoms with Crippen LogP contribution in [0.1, 0.15) is 18.6 Å². The van der Waals surface area contributed by atoms with E-state index in [4.69, 9.17) is 9.26 Å². The van der Waals surface area contributed by atoms with Crippen LogP contribution in [-0.2, 0) is 6.54 Å². The van der Waals surface area contributed by atoms with Gasteiger partial charge in [0.05, 0.1) is 0 Å². The molecule has 3 rings (SSSR count). The molecule has 1 aromatic heterocycles.